The van der Waals surface area contributed by atoms with E-state index in [0.717, 1.165) is 15.6 Å². The van der Waals surface area contributed by atoms with E-state index in [1.165, 1.54) is 11.3 Å². The third-order valence-electron chi connectivity index (χ3n) is 2.49. The van der Waals surface area contributed by atoms with Crippen LogP contribution in [0.2, 0.25) is 0 Å². The molecule has 0 spiro atoms. The number of nitrogens with zero attached hydrogens (tertiary/aromatic N) is 1. The second kappa shape index (κ2) is 5.34. The van der Waals surface area contributed by atoms with Gasteiger partial charge >= 0.3 is 0 Å². The zero-order valence-corrected chi connectivity index (χ0v) is 11.5. The number of amides is 1. The van der Waals surface area contributed by atoms with Gasteiger partial charge in [-0.05, 0) is 23.6 Å². The van der Waals surface area contributed by atoms with Crippen molar-refractivity contribution in [1.82, 2.24) is 4.98 Å². The summed E-state index contributed by atoms with van der Waals surface area (Å²) in [6, 6.07) is 13.4. The highest BCUT2D eigenvalue weighted by molar-refractivity contribution is 7.22. The van der Waals surface area contributed by atoms with E-state index in [-0.39, 0.29) is 5.91 Å². The van der Waals surface area contributed by atoms with Gasteiger partial charge in [-0.15, -0.1) is 22.7 Å². The van der Waals surface area contributed by atoms with Crippen molar-refractivity contribution in [2.45, 2.75) is 0 Å². The Bertz CT molecular complexity index is 675. The Morgan fingerprint density at radius 2 is 1.95 bits per heavy atom. The number of nitrogens with one attached hydrogen (secondary N) is 1. The highest BCUT2D eigenvalue weighted by atomic mass is 32.1. The highest BCUT2D eigenvalue weighted by Gasteiger charge is 2.12. The fraction of sp³-hybridized carbons (Fsp3) is 0. The van der Waals surface area contributed by atoms with Crippen LogP contribution in [0.1, 0.15) is 9.67 Å². The van der Waals surface area contributed by atoms with Crippen molar-refractivity contribution in [3.8, 4) is 9.88 Å². The number of carbonyl (C=O) groups is 1. The number of carbonyl (C=O) groups excluding carboxylic acids is 1. The lowest BCUT2D eigenvalue weighted by atomic mass is 10.3. The van der Waals surface area contributed by atoms with Gasteiger partial charge < -0.3 is 5.32 Å². The topological polar surface area (TPSA) is 42.0 Å². The lowest BCUT2D eigenvalue weighted by Crippen LogP contribution is -2.09. The molecule has 2 aromatic heterocycles. The summed E-state index contributed by atoms with van der Waals surface area (Å²) in [6.45, 7) is 0. The molecule has 0 aliphatic carbocycles. The molecule has 0 aliphatic rings. The number of aromatic nitrogens is 1. The predicted molar refractivity (Wildman–Crippen MR) is 79.8 cm³/mol. The van der Waals surface area contributed by atoms with Gasteiger partial charge in [0.05, 0.1) is 11.1 Å². The van der Waals surface area contributed by atoms with Gasteiger partial charge in [-0.25, -0.2) is 4.98 Å². The number of hydrogen-bond acceptors (Lipinski definition) is 4. The molecule has 0 aliphatic heterocycles. The summed E-state index contributed by atoms with van der Waals surface area (Å²) >= 11 is 3.03. The Labute approximate surface area is 118 Å². The van der Waals surface area contributed by atoms with Crippen LogP contribution < -0.4 is 5.32 Å². The molecule has 3 aromatic rings. The first-order valence-corrected chi connectivity index (χ1v) is 7.38. The molecule has 3 nitrogen and oxygen atoms in total. The summed E-state index contributed by atoms with van der Waals surface area (Å²) in [7, 11) is 0. The Balaban J connectivity index is 1.78. The zero-order chi connectivity index (χ0) is 13.1. The molecule has 1 amide bonds. The van der Waals surface area contributed by atoms with Crippen LogP contribution in [0.15, 0.2) is 54.0 Å². The molecule has 0 saturated carbocycles. The van der Waals surface area contributed by atoms with Gasteiger partial charge in [-0.2, -0.15) is 0 Å². The summed E-state index contributed by atoms with van der Waals surface area (Å²) < 4.78 is 0. The van der Waals surface area contributed by atoms with Crippen molar-refractivity contribution in [3.05, 3.63) is 58.9 Å². The molecule has 94 valence electrons. The molecule has 0 bridgehead atoms. The van der Waals surface area contributed by atoms with Gasteiger partial charge in [0, 0.05) is 5.69 Å². The molecule has 1 N–H and O–H groups in total. The molecule has 0 radical (unpaired) electrons. The van der Waals surface area contributed by atoms with Crippen molar-refractivity contribution in [1.29, 1.82) is 0 Å². The third-order valence-corrected chi connectivity index (χ3v) is 4.53. The van der Waals surface area contributed by atoms with E-state index in [4.69, 9.17) is 0 Å². The molecule has 0 atom stereocenters. The molecule has 0 saturated heterocycles. The van der Waals surface area contributed by atoms with E-state index in [9.17, 15) is 4.79 Å². The minimum Gasteiger partial charge on any atom is -0.321 e. The molecule has 0 fully saturated rings. The van der Waals surface area contributed by atoms with Gasteiger partial charge in [-0.3, -0.25) is 4.79 Å². The quantitative estimate of drug-likeness (QED) is 0.786. The maximum absolute atomic E-state index is 12.1. The lowest BCUT2D eigenvalue weighted by Gasteiger charge is -2.01. The van der Waals surface area contributed by atoms with Crippen LogP contribution in [0.4, 0.5) is 5.69 Å². The summed E-state index contributed by atoms with van der Waals surface area (Å²) in [5.74, 6) is -0.119. The Kier molecular flexibility index (Phi) is 3.39. The molecular weight excluding hydrogens is 276 g/mol. The molecule has 5 heteroatoms. The first-order valence-electron chi connectivity index (χ1n) is 5.69. The fourth-order valence-corrected chi connectivity index (χ4v) is 3.22. The summed E-state index contributed by atoms with van der Waals surface area (Å²) in [6.07, 6.45) is 1.62. The summed E-state index contributed by atoms with van der Waals surface area (Å²) in [4.78, 5) is 18.1. The monoisotopic (exact) mass is 286 g/mol. The predicted octanol–water partition coefficient (Wildman–Crippen LogP) is 4.12. The molecule has 0 unspecified atom stereocenters. The average molecular weight is 286 g/mol. The average Bonchev–Trinajstić information content (AvgIpc) is 3.11. The minimum atomic E-state index is -0.119. The van der Waals surface area contributed by atoms with Gasteiger partial charge in [0.1, 0.15) is 9.88 Å². The van der Waals surface area contributed by atoms with E-state index in [0.29, 0.717) is 4.88 Å². The minimum absolute atomic E-state index is 0.119. The third kappa shape index (κ3) is 2.72. The van der Waals surface area contributed by atoms with Gasteiger partial charge in [0.15, 0.2) is 0 Å². The Hall–Kier alpha value is -1.98. The maximum atomic E-state index is 12.1. The van der Waals surface area contributed by atoms with E-state index in [1.807, 2.05) is 47.8 Å². The normalized spacial score (nSPS) is 10.3. The van der Waals surface area contributed by atoms with Crippen LogP contribution in [-0.4, -0.2) is 10.9 Å². The van der Waals surface area contributed by atoms with E-state index in [2.05, 4.69) is 10.3 Å². The van der Waals surface area contributed by atoms with Crippen molar-refractivity contribution < 1.29 is 4.79 Å². The highest BCUT2D eigenvalue weighted by Crippen LogP contribution is 2.29. The van der Waals surface area contributed by atoms with Gasteiger partial charge in [0.2, 0.25) is 0 Å². The first kappa shape index (κ1) is 12.1. The molecule has 2 heterocycles. The van der Waals surface area contributed by atoms with E-state index < -0.39 is 0 Å². The van der Waals surface area contributed by atoms with Crippen LogP contribution in [0.3, 0.4) is 0 Å². The first-order chi connectivity index (χ1) is 9.33. The SMILES string of the molecule is O=C(Nc1ccccc1)c1cnc(-c2cccs2)s1. The number of hydrogen-bond donors (Lipinski definition) is 1. The van der Waals surface area contributed by atoms with Crippen molar-refractivity contribution in [3.63, 3.8) is 0 Å². The number of para-hydroxylation sites is 1. The van der Waals surface area contributed by atoms with Crippen molar-refractivity contribution in [2.24, 2.45) is 0 Å². The number of rotatable bonds is 3. The largest absolute Gasteiger partial charge is 0.321 e. The standard InChI is InChI=1S/C14H10N2OS2/c17-13(16-10-5-2-1-3-6-10)12-9-15-14(19-12)11-7-4-8-18-11/h1-9H,(H,16,17). The van der Waals surface area contributed by atoms with Gasteiger partial charge in [0.25, 0.3) is 5.91 Å². The Morgan fingerprint density at radius 3 is 2.68 bits per heavy atom. The number of benzene rings is 1. The lowest BCUT2D eigenvalue weighted by molar-refractivity contribution is 0.103. The van der Waals surface area contributed by atoms with Crippen LogP contribution in [0.5, 0.6) is 0 Å². The fourth-order valence-electron chi connectivity index (χ4n) is 1.61. The molecule has 1 aromatic carbocycles. The van der Waals surface area contributed by atoms with Crippen LogP contribution >= 0.6 is 22.7 Å². The smallest absolute Gasteiger partial charge is 0.267 e. The number of thiazole rings is 1. The molecule has 19 heavy (non-hydrogen) atoms. The summed E-state index contributed by atoms with van der Waals surface area (Å²) in [5.41, 5.74) is 0.790. The molecule has 3 rings (SSSR count). The molecular formula is C14H10N2OS2. The van der Waals surface area contributed by atoms with Crippen molar-refractivity contribution >= 4 is 34.3 Å². The van der Waals surface area contributed by atoms with Crippen LogP contribution in [0, 0.1) is 0 Å². The van der Waals surface area contributed by atoms with Crippen LogP contribution in [0.25, 0.3) is 9.88 Å². The van der Waals surface area contributed by atoms with Crippen LogP contribution in [-0.2, 0) is 0 Å². The second-order valence-corrected chi connectivity index (χ2v) is 5.81. The number of anilines is 1. The number of thiophene rings is 1. The van der Waals surface area contributed by atoms with Crippen molar-refractivity contribution in [2.75, 3.05) is 5.32 Å². The summed E-state index contributed by atoms with van der Waals surface area (Å²) in [5, 5.41) is 5.73. The Morgan fingerprint density at radius 1 is 1.11 bits per heavy atom. The van der Waals surface area contributed by atoms with Gasteiger partial charge in [-0.1, -0.05) is 24.3 Å². The maximum Gasteiger partial charge on any atom is 0.267 e. The van der Waals surface area contributed by atoms with E-state index in [1.54, 1.807) is 17.5 Å². The second-order valence-electron chi connectivity index (χ2n) is 3.83. The van der Waals surface area contributed by atoms with E-state index >= 15 is 0 Å². The zero-order valence-electron chi connectivity index (χ0n) is 9.87.